The number of methoxy groups -OCH3 is 1. The Morgan fingerprint density at radius 2 is 1.88 bits per heavy atom. The highest BCUT2D eigenvalue weighted by Crippen LogP contribution is 2.29. The monoisotopic (exact) mass is 233 g/mol. The summed E-state index contributed by atoms with van der Waals surface area (Å²) in [6.45, 7) is 0. The van der Waals surface area contributed by atoms with Crippen LogP contribution in [0.1, 0.15) is 31.2 Å². The lowest BCUT2D eigenvalue weighted by Gasteiger charge is -2.23. The van der Waals surface area contributed by atoms with Gasteiger partial charge in [-0.1, -0.05) is 25.0 Å². The average molecular weight is 233 g/mol. The van der Waals surface area contributed by atoms with Gasteiger partial charge in [0.15, 0.2) is 0 Å². The minimum atomic E-state index is 0.630. The van der Waals surface area contributed by atoms with E-state index in [1.165, 1.54) is 31.2 Å². The van der Waals surface area contributed by atoms with Gasteiger partial charge in [0, 0.05) is 6.04 Å². The molecule has 0 heterocycles. The van der Waals surface area contributed by atoms with E-state index >= 15 is 0 Å². The van der Waals surface area contributed by atoms with Gasteiger partial charge in [-0.05, 0) is 49.9 Å². The number of hydrogen-bond acceptors (Lipinski definition) is 2. The summed E-state index contributed by atoms with van der Waals surface area (Å²) in [5.41, 5.74) is 1.40. The van der Waals surface area contributed by atoms with Gasteiger partial charge in [-0.25, -0.2) is 0 Å². The summed E-state index contributed by atoms with van der Waals surface area (Å²) in [6, 6.07) is 9.09. The predicted octanol–water partition coefficient (Wildman–Crippen LogP) is 3.02. The number of nitrogens with one attached hydrogen (secondary N) is 1. The Labute approximate surface area is 104 Å². The smallest absolute Gasteiger partial charge is 0.118 e. The van der Waals surface area contributed by atoms with Crippen molar-refractivity contribution in [2.75, 3.05) is 14.2 Å². The molecular weight excluding hydrogens is 210 g/mol. The largest absolute Gasteiger partial charge is 0.497 e. The van der Waals surface area contributed by atoms with Gasteiger partial charge < -0.3 is 10.1 Å². The zero-order chi connectivity index (χ0) is 12.1. The van der Waals surface area contributed by atoms with Crippen molar-refractivity contribution in [3.05, 3.63) is 29.8 Å². The second kappa shape index (κ2) is 6.06. The van der Waals surface area contributed by atoms with E-state index in [4.69, 9.17) is 4.74 Å². The van der Waals surface area contributed by atoms with Gasteiger partial charge >= 0.3 is 0 Å². The third-order valence-electron chi connectivity index (χ3n) is 3.95. The number of rotatable bonds is 5. The lowest BCUT2D eigenvalue weighted by atomic mass is 9.92. The maximum absolute atomic E-state index is 5.18. The number of ether oxygens (including phenoxy) is 1. The fourth-order valence-corrected chi connectivity index (χ4v) is 2.88. The predicted molar refractivity (Wildman–Crippen MR) is 71.5 cm³/mol. The van der Waals surface area contributed by atoms with Crippen LogP contribution in [0, 0.1) is 5.92 Å². The van der Waals surface area contributed by atoms with E-state index in [1.807, 2.05) is 0 Å². The highest BCUT2D eigenvalue weighted by Gasteiger charge is 2.23. The molecule has 1 saturated carbocycles. The molecule has 1 atom stereocenters. The Bertz CT molecular complexity index is 327. The molecule has 0 bridgehead atoms. The molecule has 1 N–H and O–H groups in total. The first kappa shape index (κ1) is 12.4. The van der Waals surface area contributed by atoms with Crippen molar-refractivity contribution in [2.45, 2.75) is 38.1 Å². The van der Waals surface area contributed by atoms with Crippen molar-refractivity contribution in [3.8, 4) is 5.75 Å². The lowest BCUT2D eigenvalue weighted by Crippen LogP contribution is -2.34. The van der Waals surface area contributed by atoms with Crippen molar-refractivity contribution >= 4 is 0 Å². The Hall–Kier alpha value is -1.02. The summed E-state index contributed by atoms with van der Waals surface area (Å²) >= 11 is 0. The first-order chi connectivity index (χ1) is 8.33. The molecule has 0 aliphatic heterocycles. The van der Waals surface area contributed by atoms with Crippen LogP contribution in [0.3, 0.4) is 0 Å². The van der Waals surface area contributed by atoms with E-state index in [1.54, 1.807) is 7.11 Å². The molecular formula is C15H23NO. The molecule has 2 nitrogen and oxygen atoms in total. The summed E-state index contributed by atoms with van der Waals surface area (Å²) in [5.74, 6) is 1.80. The quantitative estimate of drug-likeness (QED) is 0.844. The summed E-state index contributed by atoms with van der Waals surface area (Å²) in [4.78, 5) is 0. The third-order valence-corrected chi connectivity index (χ3v) is 3.95. The van der Waals surface area contributed by atoms with Crippen molar-refractivity contribution in [3.63, 3.8) is 0 Å². The normalized spacial score (nSPS) is 18.2. The van der Waals surface area contributed by atoms with Crippen molar-refractivity contribution in [1.29, 1.82) is 0 Å². The summed E-state index contributed by atoms with van der Waals surface area (Å²) in [5, 5.41) is 3.49. The van der Waals surface area contributed by atoms with Crippen molar-refractivity contribution in [1.82, 2.24) is 5.32 Å². The summed E-state index contributed by atoms with van der Waals surface area (Å²) in [7, 11) is 3.80. The van der Waals surface area contributed by atoms with Gasteiger partial charge in [0.1, 0.15) is 5.75 Å². The molecule has 2 rings (SSSR count). The van der Waals surface area contributed by atoms with Gasteiger partial charge in [-0.3, -0.25) is 0 Å². The van der Waals surface area contributed by atoms with Gasteiger partial charge in [-0.2, -0.15) is 0 Å². The van der Waals surface area contributed by atoms with Gasteiger partial charge in [0.25, 0.3) is 0 Å². The maximum Gasteiger partial charge on any atom is 0.118 e. The second-order valence-electron chi connectivity index (χ2n) is 4.99. The van der Waals surface area contributed by atoms with E-state index in [0.717, 1.165) is 18.1 Å². The fraction of sp³-hybridized carbons (Fsp3) is 0.600. The highest BCUT2D eigenvalue weighted by molar-refractivity contribution is 5.27. The molecule has 1 aromatic rings. The molecule has 17 heavy (non-hydrogen) atoms. The Morgan fingerprint density at radius 1 is 1.24 bits per heavy atom. The molecule has 0 spiro atoms. The molecule has 1 aliphatic rings. The summed E-state index contributed by atoms with van der Waals surface area (Å²) < 4.78 is 5.18. The van der Waals surface area contributed by atoms with Crippen LogP contribution in [0.25, 0.3) is 0 Å². The fourth-order valence-electron chi connectivity index (χ4n) is 2.88. The molecule has 94 valence electrons. The molecule has 0 aromatic heterocycles. The first-order valence-electron chi connectivity index (χ1n) is 6.63. The number of benzene rings is 1. The van der Waals surface area contributed by atoms with Crippen LogP contribution in [-0.2, 0) is 6.42 Å². The average Bonchev–Trinajstić information content (AvgIpc) is 2.90. The molecule has 0 amide bonds. The number of likely N-dealkylation sites (N-methyl/N-ethyl adjacent to an activating group) is 1. The van der Waals surface area contributed by atoms with Crippen molar-refractivity contribution < 1.29 is 4.74 Å². The van der Waals surface area contributed by atoms with E-state index in [9.17, 15) is 0 Å². The lowest BCUT2D eigenvalue weighted by molar-refractivity contribution is 0.376. The highest BCUT2D eigenvalue weighted by atomic mass is 16.5. The maximum atomic E-state index is 5.18. The van der Waals surface area contributed by atoms with Crippen LogP contribution in [0.15, 0.2) is 24.3 Å². The van der Waals surface area contributed by atoms with Crippen LogP contribution in [0.2, 0.25) is 0 Å². The molecule has 1 aliphatic carbocycles. The standard InChI is InChI=1S/C15H23NO/c1-16-15(13-5-3-4-6-13)11-12-7-9-14(17-2)10-8-12/h7-10,13,15-16H,3-6,11H2,1-2H3. The van der Waals surface area contributed by atoms with Gasteiger partial charge in [-0.15, -0.1) is 0 Å². The van der Waals surface area contributed by atoms with E-state index in [0.29, 0.717) is 6.04 Å². The second-order valence-corrected chi connectivity index (χ2v) is 4.99. The molecule has 1 aromatic carbocycles. The zero-order valence-electron chi connectivity index (χ0n) is 10.9. The Balaban J connectivity index is 1.96. The van der Waals surface area contributed by atoms with E-state index in [2.05, 4.69) is 36.6 Å². The van der Waals surface area contributed by atoms with Crippen LogP contribution in [0.5, 0.6) is 5.75 Å². The molecule has 2 heteroatoms. The molecule has 1 unspecified atom stereocenters. The van der Waals surface area contributed by atoms with Crippen LogP contribution in [0.4, 0.5) is 0 Å². The Morgan fingerprint density at radius 3 is 2.41 bits per heavy atom. The van der Waals surface area contributed by atoms with E-state index < -0.39 is 0 Å². The van der Waals surface area contributed by atoms with Gasteiger partial charge in [0.05, 0.1) is 7.11 Å². The van der Waals surface area contributed by atoms with Crippen molar-refractivity contribution in [2.24, 2.45) is 5.92 Å². The molecule has 1 fully saturated rings. The zero-order valence-corrected chi connectivity index (χ0v) is 10.9. The van der Waals surface area contributed by atoms with Crippen LogP contribution >= 0.6 is 0 Å². The SMILES string of the molecule is CNC(Cc1ccc(OC)cc1)C1CCCC1. The molecule has 0 radical (unpaired) electrons. The third kappa shape index (κ3) is 3.22. The number of hydrogen-bond donors (Lipinski definition) is 1. The first-order valence-corrected chi connectivity index (χ1v) is 6.63. The van der Waals surface area contributed by atoms with Gasteiger partial charge in [0.2, 0.25) is 0 Å². The van der Waals surface area contributed by atoms with Crippen LogP contribution in [-0.4, -0.2) is 20.2 Å². The van der Waals surface area contributed by atoms with E-state index in [-0.39, 0.29) is 0 Å². The topological polar surface area (TPSA) is 21.3 Å². The minimum absolute atomic E-state index is 0.630. The minimum Gasteiger partial charge on any atom is -0.497 e. The summed E-state index contributed by atoms with van der Waals surface area (Å²) in [6.07, 6.45) is 6.73. The molecule has 0 saturated heterocycles. The van der Waals surface area contributed by atoms with Crippen LogP contribution < -0.4 is 10.1 Å². The Kier molecular flexibility index (Phi) is 4.43.